The molecule has 1 saturated carbocycles. The Bertz CT molecular complexity index is 561. The van der Waals surface area contributed by atoms with Gasteiger partial charge in [-0.25, -0.2) is 8.42 Å². The summed E-state index contributed by atoms with van der Waals surface area (Å²) in [4.78, 5) is 0.517. The minimum Gasteiger partial charge on any atom is -0.308 e. The van der Waals surface area contributed by atoms with Crippen molar-refractivity contribution in [2.24, 2.45) is 5.41 Å². The molecule has 1 fully saturated rings. The molecule has 1 atom stereocenters. The molecular weight excluding hydrogens is 246 g/mol. The Morgan fingerprint density at radius 1 is 1.33 bits per heavy atom. The lowest BCUT2D eigenvalue weighted by molar-refractivity contribution is 0.416. The standard InChI is InChI=1S/C14H19NO2S/c1-2-14(7-8-14)10-15-12-9-18(16,17)13-6-4-3-5-11(12)13/h3-6,12,15H,2,7-10H2,1H3. The normalized spacial score (nSPS) is 26.8. The number of sulfone groups is 1. The minimum atomic E-state index is -3.07. The summed E-state index contributed by atoms with van der Waals surface area (Å²) >= 11 is 0. The van der Waals surface area contributed by atoms with Crippen molar-refractivity contribution in [1.29, 1.82) is 0 Å². The highest BCUT2D eigenvalue weighted by Crippen LogP contribution is 2.48. The van der Waals surface area contributed by atoms with Gasteiger partial charge in [0, 0.05) is 12.6 Å². The summed E-state index contributed by atoms with van der Waals surface area (Å²) in [6.07, 6.45) is 3.73. The second-order valence-electron chi connectivity index (χ2n) is 5.61. The summed E-state index contributed by atoms with van der Waals surface area (Å²) < 4.78 is 24.1. The van der Waals surface area contributed by atoms with E-state index in [1.54, 1.807) is 12.1 Å². The van der Waals surface area contributed by atoms with E-state index >= 15 is 0 Å². The summed E-state index contributed by atoms with van der Waals surface area (Å²) in [7, 11) is -3.07. The lowest BCUT2D eigenvalue weighted by atomic mass is 10.0. The number of benzene rings is 1. The van der Waals surface area contributed by atoms with Crippen molar-refractivity contribution >= 4 is 9.84 Å². The maximum Gasteiger partial charge on any atom is 0.180 e. The Hall–Kier alpha value is -0.870. The average molecular weight is 265 g/mol. The summed E-state index contributed by atoms with van der Waals surface area (Å²) in [5.41, 5.74) is 1.39. The second kappa shape index (κ2) is 4.07. The molecule has 3 nitrogen and oxygen atoms in total. The van der Waals surface area contributed by atoms with E-state index < -0.39 is 9.84 Å². The number of rotatable bonds is 4. The smallest absolute Gasteiger partial charge is 0.180 e. The molecule has 0 amide bonds. The first-order valence-corrected chi connectivity index (χ1v) is 8.27. The van der Waals surface area contributed by atoms with Crippen molar-refractivity contribution in [3.05, 3.63) is 29.8 Å². The van der Waals surface area contributed by atoms with Crippen LogP contribution in [-0.2, 0) is 9.84 Å². The van der Waals surface area contributed by atoms with Crippen LogP contribution >= 0.6 is 0 Å². The monoisotopic (exact) mass is 265 g/mol. The Kier molecular flexibility index (Phi) is 2.75. The van der Waals surface area contributed by atoms with Crippen LogP contribution in [-0.4, -0.2) is 20.7 Å². The minimum absolute atomic E-state index is 0.0183. The average Bonchev–Trinajstić information content (AvgIpc) is 3.10. The van der Waals surface area contributed by atoms with Gasteiger partial charge in [0.1, 0.15) is 0 Å². The fraction of sp³-hybridized carbons (Fsp3) is 0.571. The van der Waals surface area contributed by atoms with Gasteiger partial charge in [0.25, 0.3) is 0 Å². The van der Waals surface area contributed by atoms with Gasteiger partial charge in [0.15, 0.2) is 9.84 Å². The lowest BCUT2D eigenvalue weighted by Gasteiger charge is -2.18. The summed E-state index contributed by atoms with van der Waals surface area (Å²) in [5.74, 6) is 0.214. The van der Waals surface area contributed by atoms with Gasteiger partial charge in [-0.05, 0) is 36.3 Å². The molecule has 1 aliphatic carbocycles. The van der Waals surface area contributed by atoms with Crippen LogP contribution in [0.5, 0.6) is 0 Å². The zero-order valence-electron chi connectivity index (χ0n) is 10.6. The molecule has 18 heavy (non-hydrogen) atoms. The largest absolute Gasteiger partial charge is 0.308 e. The van der Waals surface area contributed by atoms with Gasteiger partial charge in [0.2, 0.25) is 0 Å². The van der Waals surface area contributed by atoms with Gasteiger partial charge in [-0.2, -0.15) is 0 Å². The zero-order chi connectivity index (χ0) is 12.8. The molecule has 0 aromatic heterocycles. The predicted octanol–water partition coefficient (Wildman–Crippen LogP) is 2.29. The van der Waals surface area contributed by atoms with Gasteiger partial charge >= 0.3 is 0 Å². The van der Waals surface area contributed by atoms with Crippen LogP contribution in [0.1, 0.15) is 37.8 Å². The molecule has 4 heteroatoms. The molecule has 98 valence electrons. The Labute approximate surface area is 109 Å². The van der Waals surface area contributed by atoms with E-state index in [1.807, 2.05) is 12.1 Å². The molecule has 0 radical (unpaired) electrons. The highest BCUT2D eigenvalue weighted by atomic mass is 32.2. The van der Waals surface area contributed by atoms with Crippen LogP contribution in [0.25, 0.3) is 0 Å². The van der Waals surface area contributed by atoms with Crippen LogP contribution < -0.4 is 5.32 Å². The van der Waals surface area contributed by atoms with E-state index in [2.05, 4.69) is 12.2 Å². The SMILES string of the molecule is CCC1(CNC2CS(=O)(=O)c3ccccc32)CC1. The molecule has 3 rings (SSSR count). The molecule has 1 heterocycles. The molecule has 1 unspecified atom stereocenters. The molecule has 1 aromatic rings. The fourth-order valence-electron chi connectivity index (χ4n) is 2.79. The van der Waals surface area contributed by atoms with Gasteiger partial charge < -0.3 is 5.32 Å². The summed E-state index contributed by atoms with van der Waals surface area (Å²) in [5, 5.41) is 3.47. The van der Waals surface area contributed by atoms with Crippen LogP contribution in [0.4, 0.5) is 0 Å². The Morgan fingerprint density at radius 3 is 2.72 bits per heavy atom. The van der Waals surface area contributed by atoms with Crippen molar-refractivity contribution in [2.45, 2.75) is 37.1 Å². The summed E-state index contributed by atoms with van der Waals surface area (Å²) in [6.45, 7) is 3.16. The molecule has 0 spiro atoms. The van der Waals surface area contributed by atoms with Crippen molar-refractivity contribution in [3.8, 4) is 0 Å². The van der Waals surface area contributed by atoms with Crippen molar-refractivity contribution in [3.63, 3.8) is 0 Å². The number of nitrogens with one attached hydrogen (secondary N) is 1. The van der Waals surface area contributed by atoms with Crippen LogP contribution in [0.2, 0.25) is 0 Å². The third-order valence-electron chi connectivity index (χ3n) is 4.45. The zero-order valence-corrected chi connectivity index (χ0v) is 11.5. The Balaban J connectivity index is 1.79. The van der Waals surface area contributed by atoms with Crippen LogP contribution in [0.3, 0.4) is 0 Å². The van der Waals surface area contributed by atoms with E-state index in [0.717, 1.165) is 12.1 Å². The maximum atomic E-state index is 12.0. The summed E-state index contributed by atoms with van der Waals surface area (Å²) in [6, 6.07) is 7.35. The van der Waals surface area contributed by atoms with E-state index in [0.29, 0.717) is 10.3 Å². The molecule has 1 aliphatic heterocycles. The van der Waals surface area contributed by atoms with Gasteiger partial charge in [-0.1, -0.05) is 25.1 Å². The predicted molar refractivity (Wildman–Crippen MR) is 71.2 cm³/mol. The van der Waals surface area contributed by atoms with E-state index in [9.17, 15) is 8.42 Å². The third-order valence-corrected chi connectivity index (χ3v) is 6.26. The van der Waals surface area contributed by atoms with Gasteiger partial charge in [-0.3, -0.25) is 0 Å². The highest BCUT2D eigenvalue weighted by molar-refractivity contribution is 7.91. The van der Waals surface area contributed by atoms with Crippen molar-refractivity contribution in [2.75, 3.05) is 12.3 Å². The van der Waals surface area contributed by atoms with E-state index in [4.69, 9.17) is 0 Å². The van der Waals surface area contributed by atoms with Gasteiger partial charge in [0.05, 0.1) is 10.6 Å². The number of fused-ring (bicyclic) bond motifs is 1. The molecular formula is C14H19NO2S. The van der Waals surface area contributed by atoms with Crippen LogP contribution in [0, 0.1) is 5.41 Å². The maximum absolute atomic E-state index is 12.0. The Morgan fingerprint density at radius 2 is 2.06 bits per heavy atom. The quantitative estimate of drug-likeness (QED) is 0.908. The molecule has 2 aliphatic rings. The molecule has 0 saturated heterocycles. The van der Waals surface area contributed by atoms with Crippen molar-refractivity contribution in [1.82, 2.24) is 5.32 Å². The molecule has 1 aromatic carbocycles. The molecule has 1 N–H and O–H groups in total. The topological polar surface area (TPSA) is 46.2 Å². The first-order chi connectivity index (χ1) is 8.56. The van der Waals surface area contributed by atoms with Gasteiger partial charge in [-0.15, -0.1) is 0 Å². The second-order valence-corrected chi connectivity index (χ2v) is 7.61. The first-order valence-electron chi connectivity index (χ1n) is 6.61. The fourth-order valence-corrected chi connectivity index (χ4v) is 4.56. The van der Waals surface area contributed by atoms with Crippen LogP contribution in [0.15, 0.2) is 29.2 Å². The first kappa shape index (κ1) is 12.2. The lowest BCUT2D eigenvalue weighted by Crippen LogP contribution is -2.29. The van der Waals surface area contributed by atoms with Crippen molar-refractivity contribution < 1.29 is 8.42 Å². The number of hydrogen-bond donors (Lipinski definition) is 1. The number of hydrogen-bond acceptors (Lipinski definition) is 3. The van der Waals surface area contributed by atoms with E-state index in [1.165, 1.54) is 19.3 Å². The third kappa shape index (κ3) is 1.97. The molecule has 0 bridgehead atoms. The highest BCUT2D eigenvalue weighted by Gasteiger charge is 2.42. The van der Waals surface area contributed by atoms with E-state index in [-0.39, 0.29) is 11.8 Å².